The molecule has 0 saturated carbocycles. The van der Waals surface area contributed by atoms with E-state index in [-0.39, 0.29) is 22.8 Å². The summed E-state index contributed by atoms with van der Waals surface area (Å²) in [6, 6.07) is 20.6. The first-order chi connectivity index (χ1) is 15.5. The Hall–Kier alpha value is -2.77. The lowest BCUT2D eigenvalue weighted by Gasteiger charge is -2.38. The molecular weight excluding hydrogens is 488 g/mol. The molecule has 0 fully saturated rings. The summed E-state index contributed by atoms with van der Waals surface area (Å²) in [5.74, 6) is 1.29. The molecule has 0 aromatic heterocycles. The number of allylic oxidation sites excluding steroid dienone is 2. The number of anilines is 2. The lowest BCUT2D eigenvalue weighted by molar-refractivity contribution is 0.381. The van der Waals surface area contributed by atoms with Gasteiger partial charge in [0.05, 0.1) is 18.0 Å². The SMILES string of the molecule is COc1ccccc1[C@H]1Nc2ccc(S(=O)(=O)Nc3cccc(Br)c3)cc2[C@H]2C=CC[C@H]21. The number of sulfonamides is 1. The number of hydrogen-bond acceptors (Lipinski definition) is 4. The third kappa shape index (κ3) is 3.80. The summed E-state index contributed by atoms with van der Waals surface area (Å²) in [4.78, 5) is 0.257. The molecule has 0 bridgehead atoms. The quantitative estimate of drug-likeness (QED) is 0.407. The van der Waals surface area contributed by atoms with E-state index in [0.717, 1.165) is 33.5 Å². The summed E-state index contributed by atoms with van der Waals surface area (Å²) >= 11 is 3.38. The zero-order valence-corrected chi connectivity index (χ0v) is 19.9. The Labute approximate surface area is 196 Å². The predicted molar refractivity (Wildman–Crippen MR) is 131 cm³/mol. The Morgan fingerprint density at radius 2 is 1.88 bits per heavy atom. The molecule has 2 N–H and O–H groups in total. The van der Waals surface area contributed by atoms with Gasteiger partial charge in [-0.05, 0) is 60.4 Å². The van der Waals surface area contributed by atoms with Gasteiger partial charge in [0.2, 0.25) is 0 Å². The molecule has 0 saturated heterocycles. The van der Waals surface area contributed by atoms with E-state index in [1.54, 1.807) is 37.4 Å². The van der Waals surface area contributed by atoms with Gasteiger partial charge in [-0.3, -0.25) is 4.72 Å². The Morgan fingerprint density at radius 1 is 1.03 bits per heavy atom. The van der Waals surface area contributed by atoms with Crippen molar-refractivity contribution in [3.05, 3.63) is 94.5 Å². The largest absolute Gasteiger partial charge is 0.496 e. The molecule has 2 aliphatic rings. The van der Waals surface area contributed by atoms with Crippen LogP contribution in [-0.4, -0.2) is 15.5 Å². The summed E-state index contributed by atoms with van der Waals surface area (Å²) in [6.45, 7) is 0. The maximum absolute atomic E-state index is 13.1. The molecule has 1 heterocycles. The number of nitrogens with one attached hydrogen (secondary N) is 2. The fraction of sp³-hybridized carbons (Fsp3) is 0.200. The number of halogens is 1. The van der Waals surface area contributed by atoms with Crippen LogP contribution in [0.4, 0.5) is 11.4 Å². The maximum Gasteiger partial charge on any atom is 0.261 e. The minimum Gasteiger partial charge on any atom is -0.496 e. The van der Waals surface area contributed by atoms with E-state index in [1.165, 1.54) is 0 Å². The van der Waals surface area contributed by atoms with Crippen molar-refractivity contribution in [2.45, 2.75) is 23.3 Å². The van der Waals surface area contributed by atoms with Crippen LogP contribution in [0.15, 0.2) is 88.3 Å². The summed E-state index contributed by atoms with van der Waals surface area (Å²) < 4.78 is 35.3. The first kappa shape index (κ1) is 21.1. The van der Waals surface area contributed by atoms with E-state index in [1.807, 2.05) is 30.3 Å². The van der Waals surface area contributed by atoms with Crippen molar-refractivity contribution < 1.29 is 13.2 Å². The summed E-state index contributed by atoms with van der Waals surface area (Å²) in [7, 11) is -2.02. The van der Waals surface area contributed by atoms with E-state index in [0.29, 0.717) is 5.69 Å². The highest BCUT2D eigenvalue weighted by Crippen LogP contribution is 2.51. The Morgan fingerprint density at radius 3 is 2.69 bits per heavy atom. The van der Waals surface area contributed by atoms with Crippen LogP contribution in [0.3, 0.4) is 0 Å². The monoisotopic (exact) mass is 510 g/mol. The molecule has 3 atom stereocenters. The van der Waals surface area contributed by atoms with E-state index in [9.17, 15) is 8.42 Å². The highest BCUT2D eigenvalue weighted by Gasteiger charge is 2.39. The molecule has 7 heteroatoms. The Kier molecular flexibility index (Phi) is 5.47. The third-order valence-corrected chi connectivity index (χ3v) is 8.07. The molecule has 3 aromatic carbocycles. The van der Waals surface area contributed by atoms with Crippen LogP contribution in [0.5, 0.6) is 5.75 Å². The van der Waals surface area contributed by atoms with Crippen molar-refractivity contribution in [2.24, 2.45) is 5.92 Å². The van der Waals surface area contributed by atoms with Gasteiger partial charge in [0.1, 0.15) is 5.75 Å². The number of methoxy groups -OCH3 is 1. The summed E-state index contributed by atoms with van der Waals surface area (Å²) in [5, 5.41) is 3.65. The van der Waals surface area contributed by atoms with E-state index in [4.69, 9.17) is 4.74 Å². The smallest absolute Gasteiger partial charge is 0.261 e. The van der Waals surface area contributed by atoms with Gasteiger partial charge in [-0.1, -0.05) is 52.3 Å². The van der Waals surface area contributed by atoms with Crippen LogP contribution in [-0.2, 0) is 10.0 Å². The number of fused-ring (bicyclic) bond motifs is 3. The zero-order valence-electron chi connectivity index (χ0n) is 17.5. The second-order valence-corrected chi connectivity index (χ2v) is 10.7. The van der Waals surface area contributed by atoms with E-state index < -0.39 is 10.0 Å². The molecule has 32 heavy (non-hydrogen) atoms. The van der Waals surface area contributed by atoms with Crippen molar-refractivity contribution in [1.29, 1.82) is 0 Å². The maximum atomic E-state index is 13.1. The first-order valence-electron chi connectivity index (χ1n) is 10.4. The van der Waals surface area contributed by atoms with Gasteiger partial charge in [-0.15, -0.1) is 0 Å². The molecular formula is C25H23BrN2O3S. The number of rotatable bonds is 5. The molecule has 3 aromatic rings. The number of para-hydroxylation sites is 1. The molecule has 1 aliphatic carbocycles. The fourth-order valence-corrected chi connectivity index (χ4v) is 6.22. The number of benzene rings is 3. The zero-order chi connectivity index (χ0) is 22.3. The second kappa shape index (κ2) is 8.30. The van der Waals surface area contributed by atoms with Crippen molar-refractivity contribution in [1.82, 2.24) is 0 Å². The van der Waals surface area contributed by atoms with Gasteiger partial charge in [0.15, 0.2) is 0 Å². The second-order valence-electron chi connectivity index (χ2n) is 8.08. The van der Waals surface area contributed by atoms with Gasteiger partial charge in [-0.2, -0.15) is 0 Å². The van der Waals surface area contributed by atoms with Crippen molar-refractivity contribution in [2.75, 3.05) is 17.1 Å². The fourth-order valence-electron chi connectivity index (χ4n) is 4.74. The van der Waals surface area contributed by atoms with Crippen LogP contribution in [0.1, 0.15) is 29.5 Å². The third-order valence-electron chi connectivity index (χ3n) is 6.20. The molecule has 1 aliphatic heterocycles. The molecule has 5 nitrogen and oxygen atoms in total. The highest BCUT2D eigenvalue weighted by atomic mass is 79.9. The van der Waals surface area contributed by atoms with Crippen molar-refractivity contribution in [3.8, 4) is 5.75 Å². The van der Waals surface area contributed by atoms with Crippen LogP contribution in [0, 0.1) is 5.92 Å². The molecule has 164 valence electrons. The molecule has 0 radical (unpaired) electrons. The average molecular weight is 511 g/mol. The predicted octanol–water partition coefficient (Wildman–Crippen LogP) is 6.09. The molecule has 0 spiro atoms. The Balaban J connectivity index is 1.50. The van der Waals surface area contributed by atoms with Crippen molar-refractivity contribution >= 4 is 37.3 Å². The van der Waals surface area contributed by atoms with Gasteiger partial charge >= 0.3 is 0 Å². The van der Waals surface area contributed by atoms with E-state index >= 15 is 0 Å². The van der Waals surface area contributed by atoms with Gasteiger partial charge in [0, 0.05) is 27.3 Å². The van der Waals surface area contributed by atoms with E-state index in [2.05, 4.69) is 44.2 Å². The molecule has 0 amide bonds. The van der Waals surface area contributed by atoms with Crippen molar-refractivity contribution in [3.63, 3.8) is 0 Å². The van der Waals surface area contributed by atoms with Gasteiger partial charge in [-0.25, -0.2) is 8.42 Å². The Bertz CT molecular complexity index is 1310. The number of ether oxygens (including phenoxy) is 1. The number of hydrogen-bond donors (Lipinski definition) is 2. The minimum atomic E-state index is -3.71. The first-order valence-corrected chi connectivity index (χ1v) is 12.7. The van der Waals surface area contributed by atoms with Crippen LogP contribution in [0.2, 0.25) is 0 Å². The standard InChI is InChI=1S/C25H23BrN2O3S/c1-31-24-11-3-2-8-21(24)25-20-10-5-9-19(20)22-15-18(12-13-23(22)27-25)32(29,30)28-17-7-4-6-16(26)14-17/h2-9,11-15,19-20,25,27-28H,10H2,1H3/t19-,20+,25-/m0/s1. The lowest BCUT2D eigenvalue weighted by Crippen LogP contribution is -2.29. The molecule has 5 rings (SSSR count). The molecule has 0 unspecified atom stereocenters. The van der Waals surface area contributed by atoms with Gasteiger partial charge < -0.3 is 10.1 Å². The van der Waals surface area contributed by atoms with Crippen LogP contribution in [0.25, 0.3) is 0 Å². The highest BCUT2D eigenvalue weighted by molar-refractivity contribution is 9.10. The topological polar surface area (TPSA) is 67.4 Å². The van der Waals surface area contributed by atoms with Crippen LogP contribution >= 0.6 is 15.9 Å². The summed E-state index contributed by atoms with van der Waals surface area (Å²) in [6.07, 6.45) is 5.31. The lowest BCUT2D eigenvalue weighted by atomic mass is 9.77. The van der Waals surface area contributed by atoms with Gasteiger partial charge in [0.25, 0.3) is 10.0 Å². The normalized spacial score (nSPS) is 21.4. The minimum absolute atomic E-state index is 0.0842. The van der Waals surface area contributed by atoms with Crippen LogP contribution < -0.4 is 14.8 Å². The average Bonchev–Trinajstić information content (AvgIpc) is 3.28. The summed E-state index contributed by atoms with van der Waals surface area (Å²) in [5.41, 5.74) is 3.60.